The third-order valence-electron chi connectivity index (χ3n) is 0.735. The summed E-state index contributed by atoms with van der Waals surface area (Å²) in [7, 11) is 1.65. The van der Waals surface area contributed by atoms with Gasteiger partial charge in [-0.25, -0.2) is 0 Å². The topological polar surface area (TPSA) is 21.6 Å². The highest BCUT2D eigenvalue weighted by atomic mass is 16.5. The predicted octanol–water partition coefficient (Wildman–Crippen LogP) is 1.63. The van der Waals surface area contributed by atoms with Crippen LogP contribution in [0.1, 0.15) is 13.8 Å². The van der Waals surface area contributed by atoms with E-state index in [1.165, 1.54) is 0 Å². The molecule has 0 saturated heterocycles. The lowest BCUT2D eigenvalue weighted by molar-refractivity contribution is 0.245. The fraction of sp³-hybridized carbons (Fsp3) is 0.571. The van der Waals surface area contributed by atoms with Crippen molar-refractivity contribution in [2.45, 2.75) is 13.8 Å². The fourth-order valence-electron chi connectivity index (χ4n) is 0.567. The van der Waals surface area contributed by atoms with Gasteiger partial charge in [0.15, 0.2) is 0 Å². The maximum Gasteiger partial charge on any atom is 0.0842 e. The van der Waals surface area contributed by atoms with E-state index in [1.807, 2.05) is 13.8 Å². The number of methoxy groups -OCH3 is 1. The second-order valence-corrected chi connectivity index (χ2v) is 2.02. The van der Waals surface area contributed by atoms with Crippen LogP contribution in [0, 0.1) is 0 Å². The van der Waals surface area contributed by atoms with Crippen LogP contribution in [0.15, 0.2) is 17.3 Å². The van der Waals surface area contributed by atoms with Gasteiger partial charge in [-0.15, -0.1) is 0 Å². The quantitative estimate of drug-likeness (QED) is 0.528. The molecule has 0 aromatic heterocycles. The van der Waals surface area contributed by atoms with Crippen LogP contribution in [-0.4, -0.2) is 19.4 Å². The number of nitrogens with zero attached hydrogens (tertiary/aromatic N) is 1. The number of aliphatic imine (C=N–C) groups is 1. The first-order valence-electron chi connectivity index (χ1n) is 2.85. The summed E-state index contributed by atoms with van der Waals surface area (Å²) in [5.74, 6) is 0. The molecule has 0 spiro atoms. The minimum atomic E-state index is 0.590. The summed E-state index contributed by atoms with van der Waals surface area (Å²) in [6.07, 6.45) is 0. The van der Waals surface area contributed by atoms with Crippen LogP contribution in [0.25, 0.3) is 0 Å². The molecule has 0 amide bonds. The van der Waals surface area contributed by atoms with Crippen LogP contribution in [0.4, 0.5) is 0 Å². The Balaban J connectivity index is 3.69. The van der Waals surface area contributed by atoms with Crippen LogP contribution >= 0.6 is 0 Å². The van der Waals surface area contributed by atoms with Gasteiger partial charge in [0.05, 0.1) is 6.61 Å². The average Bonchev–Trinajstić information content (AvgIpc) is 1.63. The molecule has 0 rings (SSSR count). The van der Waals surface area contributed by atoms with Gasteiger partial charge in [-0.3, -0.25) is 4.99 Å². The van der Waals surface area contributed by atoms with Crippen LogP contribution in [0.5, 0.6) is 0 Å². The van der Waals surface area contributed by atoms with Crippen molar-refractivity contribution in [1.82, 2.24) is 0 Å². The third-order valence-corrected chi connectivity index (χ3v) is 0.735. The van der Waals surface area contributed by atoms with E-state index in [0.29, 0.717) is 6.61 Å². The predicted molar refractivity (Wildman–Crippen MR) is 39.8 cm³/mol. The van der Waals surface area contributed by atoms with E-state index in [2.05, 4.69) is 11.6 Å². The van der Waals surface area contributed by atoms with E-state index in [-0.39, 0.29) is 0 Å². The Morgan fingerprint density at radius 1 is 1.56 bits per heavy atom. The van der Waals surface area contributed by atoms with E-state index in [9.17, 15) is 0 Å². The molecule has 2 nitrogen and oxygen atoms in total. The molecule has 52 valence electrons. The van der Waals surface area contributed by atoms with E-state index in [0.717, 1.165) is 11.4 Å². The van der Waals surface area contributed by atoms with Crippen molar-refractivity contribution in [2.75, 3.05) is 13.7 Å². The number of hydrogen-bond donors (Lipinski definition) is 0. The van der Waals surface area contributed by atoms with Gasteiger partial charge in [-0.1, -0.05) is 6.58 Å². The highest BCUT2D eigenvalue weighted by molar-refractivity contribution is 5.83. The van der Waals surface area contributed by atoms with Gasteiger partial charge < -0.3 is 4.74 Å². The van der Waals surface area contributed by atoms with E-state index < -0.39 is 0 Å². The largest absolute Gasteiger partial charge is 0.379 e. The average molecular weight is 127 g/mol. The van der Waals surface area contributed by atoms with Crippen molar-refractivity contribution in [3.05, 3.63) is 12.3 Å². The van der Waals surface area contributed by atoms with Crippen LogP contribution in [0.3, 0.4) is 0 Å². The normalized spacial score (nSPS) is 11.7. The molecule has 0 bridgehead atoms. The summed E-state index contributed by atoms with van der Waals surface area (Å²) in [6, 6.07) is 0. The zero-order valence-corrected chi connectivity index (χ0v) is 6.27. The number of hydrogen-bond acceptors (Lipinski definition) is 2. The van der Waals surface area contributed by atoms with Crippen molar-refractivity contribution in [3.63, 3.8) is 0 Å². The molecule has 0 fully saturated rings. The van der Waals surface area contributed by atoms with Crippen molar-refractivity contribution in [3.8, 4) is 0 Å². The number of ether oxygens (including phenoxy) is 1. The van der Waals surface area contributed by atoms with Crippen molar-refractivity contribution >= 4 is 5.71 Å². The lowest BCUT2D eigenvalue weighted by atomic mass is 10.4. The Bertz CT molecular complexity index is 127. The summed E-state index contributed by atoms with van der Waals surface area (Å²) < 4.78 is 4.83. The van der Waals surface area contributed by atoms with Crippen molar-refractivity contribution < 1.29 is 4.74 Å². The first-order chi connectivity index (χ1) is 4.16. The molecule has 0 aromatic carbocycles. The van der Waals surface area contributed by atoms with Crippen LogP contribution in [0.2, 0.25) is 0 Å². The summed E-state index contributed by atoms with van der Waals surface area (Å²) >= 11 is 0. The molecule has 2 heteroatoms. The lowest BCUT2D eigenvalue weighted by Gasteiger charge is -1.96. The van der Waals surface area contributed by atoms with Crippen LogP contribution < -0.4 is 0 Å². The second kappa shape index (κ2) is 4.27. The summed E-state index contributed by atoms with van der Waals surface area (Å²) in [5.41, 5.74) is 1.79. The summed E-state index contributed by atoms with van der Waals surface area (Å²) in [4.78, 5) is 4.06. The molecule has 0 atom stereocenters. The monoisotopic (exact) mass is 127 g/mol. The van der Waals surface area contributed by atoms with Gasteiger partial charge in [0, 0.05) is 18.5 Å². The zero-order valence-electron chi connectivity index (χ0n) is 6.27. The van der Waals surface area contributed by atoms with Gasteiger partial charge in [0.25, 0.3) is 0 Å². The van der Waals surface area contributed by atoms with Gasteiger partial charge in [-0.2, -0.15) is 0 Å². The molecule has 0 N–H and O–H groups in total. The van der Waals surface area contributed by atoms with Gasteiger partial charge in [0.2, 0.25) is 0 Å². The SMILES string of the molecule is C=C(C)/N=C(\C)COC. The highest BCUT2D eigenvalue weighted by Gasteiger charge is 1.86. The van der Waals surface area contributed by atoms with Gasteiger partial charge in [-0.05, 0) is 13.8 Å². The number of rotatable bonds is 3. The van der Waals surface area contributed by atoms with Crippen LogP contribution in [-0.2, 0) is 4.74 Å². The number of allylic oxidation sites excluding steroid dienone is 1. The molecular weight excluding hydrogens is 114 g/mol. The minimum absolute atomic E-state index is 0.590. The molecule has 0 saturated carbocycles. The molecule has 0 aliphatic heterocycles. The highest BCUT2D eigenvalue weighted by Crippen LogP contribution is 1.89. The lowest BCUT2D eigenvalue weighted by Crippen LogP contribution is -2.00. The molecular formula is C7H13NO. The smallest absolute Gasteiger partial charge is 0.0842 e. The van der Waals surface area contributed by atoms with Crippen molar-refractivity contribution in [1.29, 1.82) is 0 Å². The Hall–Kier alpha value is -0.630. The Morgan fingerprint density at radius 3 is 2.44 bits per heavy atom. The fourth-order valence-corrected chi connectivity index (χ4v) is 0.567. The maximum absolute atomic E-state index is 4.83. The molecule has 0 aliphatic rings. The molecule has 0 aliphatic carbocycles. The standard InChI is InChI=1S/C7H13NO/c1-6(2)8-7(3)5-9-4/h1,5H2,2-4H3/b8-7+. The first kappa shape index (κ1) is 8.37. The molecule has 0 aromatic rings. The molecule has 9 heavy (non-hydrogen) atoms. The maximum atomic E-state index is 4.83. The zero-order chi connectivity index (χ0) is 7.28. The molecule has 0 heterocycles. The Morgan fingerprint density at radius 2 is 2.11 bits per heavy atom. The Kier molecular flexibility index (Phi) is 3.97. The van der Waals surface area contributed by atoms with E-state index >= 15 is 0 Å². The third kappa shape index (κ3) is 5.24. The van der Waals surface area contributed by atoms with Gasteiger partial charge >= 0.3 is 0 Å². The Labute approximate surface area is 56.2 Å². The molecule has 0 radical (unpaired) electrons. The van der Waals surface area contributed by atoms with Gasteiger partial charge in [0.1, 0.15) is 0 Å². The van der Waals surface area contributed by atoms with E-state index in [4.69, 9.17) is 4.74 Å². The first-order valence-corrected chi connectivity index (χ1v) is 2.85. The second-order valence-electron chi connectivity index (χ2n) is 2.02. The molecule has 0 unspecified atom stereocenters. The van der Waals surface area contributed by atoms with E-state index in [1.54, 1.807) is 7.11 Å². The summed E-state index contributed by atoms with van der Waals surface area (Å²) in [5, 5.41) is 0. The minimum Gasteiger partial charge on any atom is -0.379 e. The van der Waals surface area contributed by atoms with Crippen molar-refractivity contribution in [2.24, 2.45) is 4.99 Å². The summed E-state index contributed by atoms with van der Waals surface area (Å²) in [6.45, 7) is 8.00.